The average Bonchev–Trinajstić information content (AvgIpc) is 2.82. The minimum Gasteiger partial charge on any atom is -0.368 e. The van der Waals surface area contributed by atoms with Gasteiger partial charge in [0.05, 0.1) is 16.8 Å². The molecule has 0 fully saturated rings. The number of hydrogen-bond acceptors (Lipinski definition) is 4. The predicted octanol–water partition coefficient (Wildman–Crippen LogP) is 2.13. The third-order valence-corrected chi connectivity index (χ3v) is 4.30. The van der Waals surface area contributed by atoms with Gasteiger partial charge in [0, 0.05) is 6.61 Å². The number of carbonyl (C=O) groups excluding carboxylic acids is 2. The molecule has 2 heterocycles. The minimum absolute atomic E-state index is 0.0267. The summed E-state index contributed by atoms with van der Waals surface area (Å²) in [4.78, 5) is 29.5. The Kier molecular flexibility index (Phi) is 4.64. The summed E-state index contributed by atoms with van der Waals surface area (Å²) in [5.74, 6) is -3.13. The van der Waals surface area contributed by atoms with Crippen LogP contribution in [0.15, 0.2) is 30.5 Å². The van der Waals surface area contributed by atoms with Crippen LogP contribution >= 0.6 is 11.6 Å². The van der Waals surface area contributed by atoms with E-state index in [0.717, 1.165) is 23.2 Å². The molecule has 136 valence electrons. The lowest BCUT2D eigenvalue weighted by Gasteiger charge is -2.29. The molecule has 1 aromatic carbocycles. The van der Waals surface area contributed by atoms with Crippen LogP contribution in [0.3, 0.4) is 0 Å². The van der Waals surface area contributed by atoms with Gasteiger partial charge in [-0.15, -0.1) is 0 Å². The Bertz CT molecular complexity index is 892. The summed E-state index contributed by atoms with van der Waals surface area (Å²) >= 11 is 5.86. The molecule has 0 radical (unpaired) electrons. The zero-order chi connectivity index (χ0) is 19.1. The van der Waals surface area contributed by atoms with Crippen LogP contribution in [0.4, 0.5) is 14.6 Å². The monoisotopic (exact) mass is 381 g/mol. The third kappa shape index (κ3) is 2.62. The summed E-state index contributed by atoms with van der Waals surface area (Å²) in [7, 11) is 0. The molecule has 0 aliphatic carbocycles. The third-order valence-electron chi connectivity index (χ3n) is 4.03. The van der Waals surface area contributed by atoms with E-state index in [1.807, 2.05) is 0 Å². The lowest BCUT2D eigenvalue weighted by Crippen LogP contribution is -2.46. The Morgan fingerprint density at radius 1 is 1.35 bits per heavy atom. The van der Waals surface area contributed by atoms with Gasteiger partial charge in [-0.2, -0.15) is 0 Å². The summed E-state index contributed by atoms with van der Waals surface area (Å²) in [6.07, 6.45) is 1.03. The normalized spacial score (nSPS) is 18.9. The van der Waals surface area contributed by atoms with Crippen LogP contribution in [-0.2, 0) is 19.9 Å². The second-order valence-electron chi connectivity index (χ2n) is 5.60. The Hall–Kier alpha value is -2.58. The maximum Gasteiger partial charge on any atom is 0.270 e. The molecule has 0 saturated heterocycles. The number of anilines is 1. The highest BCUT2D eigenvalue weighted by atomic mass is 35.5. The molecule has 0 saturated carbocycles. The van der Waals surface area contributed by atoms with Gasteiger partial charge < -0.3 is 10.5 Å². The number of fused-ring (bicyclic) bond motifs is 1. The summed E-state index contributed by atoms with van der Waals surface area (Å²) in [6, 6.07) is 4.85. The number of amides is 2. The van der Waals surface area contributed by atoms with Crippen molar-refractivity contribution in [3.63, 3.8) is 0 Å². The lowest BCUT2D eigenvalue weighted by molar-refractivity contribution is -0.138. The summed E-state index contributed by atoms with van der Waals surface area (Å²) < 4.78 is 34.0. The van der Waals surface area contributed by atoms with E-state index in [-0.39, 0.29) is 28.6 Å². The number of nitrogens with two attached hydrogens (primary N) is 1. The first-order valence-electron chi connectivity index (χ1n) is 7.67. The fraction of sp³-hybridized carbons (Fsp3) is 0.235. The first kappa shape index (κ1) is 18.2. The number of ether oxygens (including phenoxy) is 1. The van der Waals surface area contributed by atoms with Gasteiger partial charge in [0.15, 0.2) is 5.82 Å². The summed E-state index contributed by atoms with van der Waals surface area (Å²) in [5.41, 5.74) is 3.21. The van der Waals surface area contributed by atoms with E-state index >= 15 is 0 Å². The van der Waals surface area contributed by atoms with Gasteiger partial charge in [0.2, 0.25) is 11.5 Å². The van der Waals surface area contributed by atoms with E-state index in [1.165, 1.54) is 12.1 Å². The van der Waals surface area contributed by atoms with Crippen LogP contribution in [-0.4, -0.2) is 29.9 Å². The smallest absolute Gasteiger partial charge is 0.270 e. The largest absolute Gasteiger partial charge is 0.368 e. The number of aromatic nitrogens is 1. The number of hydrogen-bond donors (Lipinski definition) is 1. The molecule has 1 atom stereocenters. The Morgan fingerprint density at radius 2 is 2.00 bits per heavy atom. The first-order valence-corrected chi connectivity index (χ1v) is 8.05. The van der Waals surface area contributed by atoms with E-state index in [1.54, 1.807) is 6.92 Å². The van der Waals surface area contributed by atoms with Crippen LogP contribution in [0.5, 0.6) is 0 Å². The molecule has 0 unspecified atom stereocenters. The molecule has 2 amide bonds. The van der Waals surface area contributed by atoms with Crippen molar-refractivity contribution in [1.82, 2.24) is 4.98 Å². The van der Waals surface area contributed by atoms with E-state index < -0.39 is 35.6 Å². The maximum atomic E-state index is 14.9. The van der Waals surface area contributed by atoms with Crippen molar-refractivity contribution in [3.8, 4) is 0 Å². The average molecular weight is 382 g/mol. The van der Waals surface area contributed by atoms with Gasteiger partial charge in [-0.25, -0.2) is 13.8 Å². The van der Waals surface area contributed by atoms with Crippen LogP contribution in [0, 0.1) is 11.6 Å². The number of rotatable bonds is 5. The van der Waals surface area contributed by atoms with Crippen LogP contribution in [0.25, 0.3) is 0 Å². The molecule has 1 aromatic heterocycles. The van der Waals surface area contributed by atoms with E-state index in [0.29, 0.717) is 0 Å². The molecule has 0 bridgehead atoms. The quantitative estimate of drug-likeness (QED) is 0.859. The van der Waals surface area contributed by atoms with Gasteiger partial charge in [0.1, 0.15) is 18.2 Å². The molecule has 26 heavy (non-hydrogen) atoms. The first-order chi connectivity index (χ1) is 12.3. The van der Waals surface area contributed by atoms with Gasteiger partial charge in [-0.1, -0.05) is 23.7 Å². The fourth-order valence-electron chi connectivity index (χ4n) is 3.06. The van der Waals surface area contributed by atoms with Crippen molar-refractivity contribution >= 4 is 29.2 Å². The minimum atomic E-state index is -1.95. The maximum absolute atomic E-state index is 14.9. The molecule has 3 rings (SSSR count). The van der Waals surface area contributed by atoms with Crippen molar-refractivity contribution in [1.29, 1.82) is 0 Å². The van der Waals surface area contributed by atoms with Gasteiger partial charge in [-0.05, 0) is 24.6 Å². The molecule has 2 aromatic rings. The Morgan fingerprint density at radius 3 is 2.58 bits per heavy atom. The van der Waals surface area contributed by atoms with E-state index in [9.17, 15) is 18.4 Å². The highest BCUT2D eigenvalue weighted by Gasteiger charge is 2.56. The lowest BCUT2D eigenvalue weighted by atomic mass is 9.87. The Balaban J connectivity index is 2.34. The second kappa shape index (κ2) is 6.62. The predicted molar refractivity (Wildman–Crippen MR) is 89.6 cm³/mol. The molecule has 1 aliphatic rings. The van der Waals surface area contributed by atoms with E-state index in [4.69, 9.17) is 22.1 Å². The highest BCUT2D eigenvalue weighted by Crippen LogP contribution is 2.48. The van der Waals surface area contributed by atoms with E-state index in [2.05, 4.69) is 4.98 Å². The highest BCUT2D eigenvalue weighted by molar-refractivity contribution is 6.31. The molecule has 2 N–H and O–H groups in total. The van der Waals surface area contributed by atoms with Gasteiger partial charge in [0.25, 0.3) is 5.91 Å². The van der Waals surface area contributed by atoms with Gasteiger partial charge in [-0.3, -0.25) is 14.5 Å². The topological polar surface area (TPSA) is 85.5 Å². The van der Waals surface area contributed by atoms with Crippen molar-refractivity contribution < 1.29 is 23.1 Å². The number of nitrogens with zero attached hydrogens (tertiary/aromatic N) is 2. The molecule has 0 spiro atoms. The Labute approximate surface area is 152 Å². The number of benzene rings is 1. The zero-order valence-corrected chi connectivity index (χ0v) is 14.4. The van der Waals surface area contributed by atoms with Crippen molar-refractivity contribution in [2.75, 3.05) is 18.1 Å². The SMILES string of the molecule is CCO[C@]1(c2ccc(F)cc2)C(=O)N(CC(N)=O)c2ncc(Cl)c(F)c21. The molecule has 6 nitrogen and oxygen atoms in total. The summed E-state index contributed by atoms with van der Waals surface area (Å²) in [6.45, 7) is 1.12. The molecular weight excluding hydrogens is 368 g/mol. The van der Waals surface area contributed by atoms with Crippen molar-refractivity contribution in [2.45, 2.75) is 12.5 Å². The summed E-state index contributed by atoms with van der Waals surface area (Å²) in [5, 5.41) is -0.316. The number of pyridine rings is 1. The number of halogens is 3. The second-order valence-corrected chi connectivity index (χ2v) is 6.00. The van der Waals surface area contributed by atoms with Crippen LogP contribution in [0.1, 0.15) is 18.1 Å². The number of primary amides is 1. The van der Waals surface area contributed by atoms with Crippen molar-refractivity contribution in [2.24, 2.45) is 5.73 Å². The molecular formula is C17H14ClF2N3O3. The fourth-order valence-corrected chi connectivity index (χ4v) is 3.20. The van der Waals surface area contributed by atoms with Gasteiger partial charge >= 0.3 is 0 Å². The molecule has 1 aliphatic heterocycles. The zero-order valence-electron chi connectivity index (χ0n) is 13.6. The molecule has 9 heteroatoms. The van der Waals surface area contributed by atoms with Crippen molar-refractivity contribution in [3.05, 3.63) is 58.2 Å². The van der Waals surface area contributed by atoms with Crippen LogP contribution < -0.4 is 10.6 Å². The van der Waals surface area contributed by atoms with Crippen LogP contribution in [0.2, 0.25) is 5.02 Å². The standard InChI is InChI=1S/C17H14ClF2N3O3/c1-2-26-17(9-3-5-10(19)6-4-9)13-14(20)11(18)7-22-15(13)23(16(17)25)8-12(21)24/h3-7H,2,8H2,1H3,(H2,21,24)/t17-/m0/s1. The number of carbonyl (C=O) groups is 2.